The molecule has 21 heavy (non-hydrogen) atoms. The van der Waals surface area contributed by atoms with Crippen molar-refractivity contribution in [3.8, 4) is 0 Å². The number of anilines is 1. The van der Waals surface area contributed by atoms with Gasteiger partial charge in [0.05, 0.1) is 18.0 Å². The number of benzene rings is 2. The Balaban J connectivity index is 2.23. The van der Waals surface area contributed by atoms with Gasteiger partial charge in [0.2, 0.25) is 10.0 Å². The number of para-hydroxylation sites is 1. The maximum absolute atomic E-state index is 12.3. The molecule has 2 aromatic rings. The summed E-state index contributed by atoms with van der Waals surface area (Å²) in [5.74, 6) is -0.158. The number of nitrogens with one attached hydrogen (secondary N) is 1. The van der Waals surface area contributed by atoms with Gasteiger partial charge in [0.1, 0.15) is 0 Å². The number of aliphatic hydroxyl groups excluding tert-OH is 1. The van der Waals surface area contributed by atoms with Crippen LogP contribution in [0.25, 0.3) is 0 Å². The molecule has 0 atom stereocenters. The predicted molar refractivity (Wildman–Crippen MR) is 90.5 cm³/mol. The molecule has 0 radical (unpaired) electrons. The van der Waals surface area contributed by atoms with E-state index in [-0.39, 0.29) is 12.4 Å². The first-order valence-corrected chi connectivity index (χ1v) is 9.28. The van der Waals surface area contributed by atoms with Crippen molar-refractivity contribution < 1.29 is 13.5 Å². The van der Waals surface area contributed by atoms with Gasteiger partial charge in [-0.05, 0) is 55.1 Å². The van der Waals surface area contributed by atoms with Crippen LogP contribution in [-0.4, -0.2) is 13.5 Å². The van der Waals surface area contributed by atoms with Crippen molar-refractivity contribution in [1.29, 1.82) is 0 Å². The molecule has 2 aromatic carbocycles. The summed E-state index contributed by atoms with van der Waals surface area (Å²) in [6.07, 6.45) is 0. The number of hydrogen-bond acceptors (Lipinski definition) is 3. The Labute approximate surface area is 140 Å². The summed E-state index contributed by atoms with van der Waals surface area (Å²) < 4.78 is 28.4. The second-order valence-corrected chi connectivity index (χ2v) is 7.87. The minimum atomic E-state index is -3.55. The van der Waals surface area contributed by atoms with Crippen LogP contribution in [0.2, 0.25) is 0 Å². The Morgan fingerprint density at radius 2 is 1.57 bits per heavy atom. The van der Waals surface area contributed by atoms with Crippen molar-refractivity contribution in [2.24, 2.45) is 0 Å². The SMILES string of the molecule is O=S(=O)(Cc1cccc(CO)c1)Nc1c(Br)cccc1Br. The van der Waals surface area contributed by atoms with E-state index in [1.54, 1.807) is 42.5 Å². The lowest BCUT2D eigenvalue weighted by Crippen LogP contribution is -2.16. The van der Waals surface area contributed by atoms with Gasteiger partial charge in [-0.25, -0.2) is 8.42 Å². The number of halogens is 2. The van der Waals surface area contributed by atoms with Crippen LogP contribution in [0.4, 0.5) is 5.69 Å². The molecular formula is C14H13Br2NO3S. The fourth-order valence-corrected chi connectivity index (χ4v) is 4.50. The molecule has 0 bridgehead atoms. The number of sulfonamides is 1. The van der Waals surface area contributed by atoms with E-state index in [9.17, 15) is 8.42 Å². The topological polar surface area (TPSA) is 66.4 Å². The van der Waals surface area contributed by atoms with E-state index in [0.717, 1.165) is 0 Å². The number of rotatable bonds is 5. The highest BCUT2D eigenvalue weighted by Gasteiger charge is 2.15. The molecular weight excluding hydrogens is 422 g/mol. The lowest BCUT2D eigenvalue weighted by atomic mass is 10.1. The fourth-order valence-electron chi connectivity index (χ4n) is 1.82. The Hall–Kier alpha value is -0.890. The zero-order chi connectivity index (χ0) is 15.5. The van der Waals surface area contributed by atoms with Gasteiger partial charge in [-0.2, -0.15) is 0 Å². The molecule has 0 heterocycles. The maximum Gasteiger partial charge on any atom is 0.236 e. The third kappa shape index (κ3) is 4.54. The molecule has 2 N–H and O–H groups in total. The van der Waals surface area contributed by atoms with Crippen LogP contribution in [0.15, 0.2) is 51.4 Å². The smallest absolute Gasteiger partial charge is 0.236 e. The molecule has 0 aliphatic heterocycles. The summed E-state index contributed by atoms with van der Waals surface area (Å²) in [7, 11) is -3.55. The van der Waals surface area contributed by atoms with Crippen LogP contribution < -0.4 is 4.72 Å². The highest BCUT2D eigenvalue weighted by molar-refractivity contribution is 9.11. The zero-order valence-corrected chi connectivity index (χ0v) is 14.9. The second-order valence-electron chi connectivity index (χ2n) is 4.44. The minimum absolute atomic E-state index is 0.114. The van der Waals surface area contributed by atoms with Gasteiger partial charge in [0.25, 0.3) is 0 Å². The van der Waals surface area contributed by atoms with Gasteiger partial charge in [-0.1, -0.05) is 30.3 Å². The minimum Gasteiger partial charge on any atom is -0.392 e. The summed E-state index contributed by atoms with van der Waals surface area (Å²) in [5.41, 5.74) is 1.78. The molecule has 0 aliphatic rings. The van der Waals surface area contributed by atoms with E-state index in [1.807, 2.05) is 0 Å². The Morgan fingerprint density at radius 1 is 1.00 bits per heavy atom. The molecule has 0 spiro atoms. The standard InChI is InChI=1S/C14H13Br2NO3S/c15-12-5-2-6-13(16)14(12)17-21(19,20)9-11-4-1-3-10(7-11)8-18/h1-7,17-18H,8-9H2. The number of hydrogen-bond donors (Lipinski definition) is 2. The van der Waals surface area contributed by atoms with Crippen molar-refractivity contribution in [3.63, 3.8) is 0 Å². The Kier molecular flexibility index (Phi) is 5.43. The highest BCUT2D eigenvalue weighted by atomic mass is 79.9. The summed E-state index contributed by atoms with van der Waals surface area (Å²) in [6, 6.07) is 12.2. The maximum atomic E-state index is 12.3. The van der Waals surface area contributed by atoms with E-state index < -0.39 is 10.0 Å². The molecule has 2 rings (SSSR count). The van der Waals surface area contributed by atoms with Crippen LogP contribution in [0.1, 0.15) is 11.1 Å². The van der Waals surface area contributed by atoms with E-state index in [2.05, 4.69) is 36.6 Å². The van der Waals surface area contributed by atoms with Crippen LogP contribution in [-0.2, 0) is 22.4 Å². The number of aliphatic hydroxyl groups is 1. The first kappa shape index (κ1) is 16.5. The van der Waals surface area contributed by atoms with Crippen LogP contribution in [0.5, 0.6) is 0 Å². The Bertz CT molecular complexity index is 727. The molecule has 0 unspecified atom stereocenters. The second kappa shape index (κ2) is 6.91. The molecule has 7 heteroatoms. The average molecular weight is 435 g/mol. The van der Waals surface area contributed by atoms with E-state index in [0.29, 0.717) is 25.8 Å². The van der Waals surface area contributed by atoms with Gasteiger partial charge in [-0.3, -0.25) is 4.72 Å². The van der Waals surface area contributed by atoms with Gasteiger partial charge in [-0.15, -0.1) is 0 Å². The summed E-state index contributed by atoms with van der Waals surface area (Å²) in [4.78, 5) is 0. The van der Waals surface area contributed by atoms with E-state index in [4.69, 9.17) is 5.11 Å². The van der Waals surface area contributed by atoms with Crippen molar-refractivity contribution in [1.82, 2.24) is 0 Å². The summed E-state index contributed by atoms with van der Waals surface area (Å²) >= 11 is 6.64. The first-order valence-electron chi connectivity index (χ1n) is 6.04. The fraction of sp³-hybridized carbons (Fsp3) is 0.143. The monoisotopic (exact) mass is 433 g/mol. The summed E-state index contributed by atoms with van der Waals surface area (Å²) in [6.45, 7) is -0.114. The lowest BCUT2D eigenvalue weighted by Gasteiger charge is -2.12. The molecule has 4 nitrogen and oxygen atoms in total. The molecule has 0 saturated heterocycles. The quantitative estimate of drug-likeness (QED) is 0.754. The Morgan fingerprint density at radius 3 is 2.19 bits per heavy atom. The first-order chi connectivity index (χ1) is 9.91. The van der Waals surface area contributed by atoms with Crippen LogP contribution in [0.3, 0.4) is 0 Å². The zero-order valence-electron chi connectivity index (χ0n) is 10.9. The van der Waals surface area contributed by atoms with Gasteiger partial charge < -0.3 is 5.11 Å². The van der Waals surface area contributed by atoms with E-state index >= 15 is 0 Å². The molecule has 0 fully saturated rings. The van der Waals surface area contributed by atoms with Crippen molar-refractivity contribution in [2.75, 3.05) is 4.72 Å². The molecule has 0 saturated carbocycles. The van der Waals surface area contributed by atoms with Gasteiger partial charge >= 0.3 is 0 Å². The molecule has 0 aliphatic carbocycles. The van der Waals surface area contributed by atoms with Crippen molar-refractivity contribution in [3.05, 3.63) is 62.5 Å². The molecule has 0 aromatic heterocycles. The normalized spacial score (nSPS) is 11.4. The van der Waals surface area contributed by atoms with Crippen LogP contribution in [0, 0.1) is 0 Å². The lowest BCUT2D eigenvalue weighted by molar-refractivity contribution is 0.282. The van der Waals surface area contributed by atoms with E-state index in [1.165, 1.54) is 0 Å². The third-order valence-corrected chi connectivity index (χ3v) is 5.30. The molecule has 0 amide bonds. The summed E-state index contributed by atoms with van der Waals surface area (Å²) in [5, 5.41) is 9.09. The largest absolute Gasteiger partial charge is 0.392 e. The van der Waals surface area contributed by atoms with Crippen LogP contribution >= 0.6 is 31.9 Å². The average Bonchev–Trinajstić information content (AvgIpc) is 2.43. The molecule has 112 valence electrons. The van der Waals surface area contributed by atoms with Crippen molar-refractivity contribution >= 4 is 47.6 Å². The predicted octanol–water partition coefficient (Wildman–Crippen LogP) is 3.65. The van der Waals surface area contributed by atoms with Gasteiger partial charge in [0.15, 0.2) is 0 Å². The highest BCUT2D eigenvalue weighted by Crippen LogP contribution is 2.31. The van der Waals surface area contributed by atoms with Gasteiger partial charge in [0, 0.05) is 8.95 Å². The third-order valence-electron chi connectivity index (χ3n) is 2.75. The van der Waals surface area contributed by atoms with Crippen molar-refractivity contribution in [2.45, 2.75) is 12.4 Å².